The third-order valence-corrected chi connectivity index (χ3v) is 2.82. The van der Waals surface area contributed by atoms with Crippen molar-refractivity contribution < 1.29 is 10.2 Å². The quantitative estimate of drug-likeness (QED) is 0.661. The molecule has 0 bridgehead atoms. The van der Waals surface area contributed by atoms with Crippen LogP contribution in [0.4, 0.5) is 0 Å². The van der Waals surface area contributed by atoms with E-state index in [2.05, 4.69) is 22.6 Å². The number of hydrogen-bond donors (Lipinski definition) is 2. The monoisotopic (exact) mass is 292 g/mol. The van der Waals surface area contributed by atoms with Crippen LogP contribution >= 0.6 is 22.6 Å². The van der Waals surface area contributed by atoms with Crippen LogP contribution in [0, 0.1) is 3.57 Å². The van der Waals surface area contributed by atoms with Crippen LogP contribution in [0.5, 0.6) is 0 Å². The maximum Gasteiger partial charge on any atom is 0.158 e. The summed E-state index contributed by atoms with van der Waals surface area (Å²) in [5, 5.41) is 18.2. The van der Waals surface area contributed by atoms with E-state index in [0.29, 0.717) is 0 Å². The van der Waals surface area contributed by atoms with Crippen molar-refractivity contribution >= 4 is 22.6 Å². The third-order valence-electron chi connectivity index (χ3n) is 2.10. The standard InChI is InChI=1S/C10H13IO2/c1-2-9(10(12)13)7-3-5-8(11)6-4-7/h3-6,9-10,12-13H,2H2,1H3. The molecule has 0 amide bonds. The Kier molecular flexibility index (Phi) is 4.15. The lowest BCUT2D eigenvalue weighted by molar-refractivity contribution is -0.0610. The third kappa shape index (κ3) is 2.93. The van der Waals surface area contributed by atoms with E-state index < -0.39 is 6.29 Å². The predicted molar refractivity (Wildman–Crippen MR) is 60.4 cm³/mol. The van der Waals surface area contributed by atoms with Crippen LogP contribution in [0.2, 0.25) is 0 Å². The summed E-state index contributed by atoms with van der Waals surface area (Å²) < 4.78 is 1.16. The van der Waals surface area contributed by atoms with Crippen molar-refractivity contribution in [2.45, 2.75) is 25.6 Å². The fourth-order valence-electron chi connectivity index (χ4n) is 1.33. The second kappa shape index (κ2) is 4.93. The number of aliphatic hydroxyl groups is 2. The molecule has 1 unspecified atom stereocenters. The lowest BCUT2D eigenvalue weighted by atomic mass is 9.96. The van der Waals surface area contributed by atoms with Gasteiger partial charge in [0.15, 0.2) is 6.29 Å². The molecule has 13 heavy (non-hydrogen) atoms. The van der Waals surface area contributed by atoms with Crippen molar-refractivity contribution in [2.24, 2.45) is 0 Å². The zero-order chi connectivity index (χ0) is 9.84. The van der Waals surface area contributed by atoms with Crippen LogP contribution in [-0.2, 0) is 0 Å². The zero-order valence-corrected chi connectivity index (χ0v) is 9.60. The minimum Gasteiger partial charge on any atom is -0.368 e. The Hall–Kier alpha value is -0.130. The molecule has 0 fully saturated rings. The van der Waals surface area contributed by atoms with E-state index in [9.17, 15) is 0 Å². The van der Waals surface area contributed by atoms with Crippen molar-refractivity contribution in [3.05, 3.63) is 33.4 Å². The fraction of sp³-hybridized carbons (Fsp3) is 0.400. The van der Waals surface area contributed by atoms with Gasteiger partial charge in [0.1, 0.15) is 0 Å². The Balaban J connectivity index is 2.86. The minimum atomic E-state index is -1.26. The largest absolute Gasteiger partial charge is 0.368 e. The van der Waals surface area contributed by atoms with Gasteiger partial charge in [-0.3, -0.25) is 0 Å². The summed E-state index contributed by atoms with van der Waals surface area (Å²) in [5.74, 6) is -0.169. The summed E-state index contributed by atoms with van der Waals surface area (Å²) in [6, 6.07) is 7.83. The maximum atomic E-state index is 9.09. The highest BCUT2D eigenvalue weighted by molar-refractivity contribution is 14.1. The van der Waals surface area contributed by atoms with Gasteiger partial charge in [-0.05, 0) is 46.7 Å². The number of hydrogen-bond acceptors (Lipinski definition) is 2. The maximum absolute atomic E-state index is 9.09. The van der Waals surface area contributed by atoms with Gasteiger partial charge in [0.2, 0.25) is 0 Å². The smallest absolute Gasteiger partial charge is 0.158 e. The molecular weight excluding hydrogens is 279 g/mol. The average Bonchev–Trinajstić information content (AvgIpc) is 2.09. The Bertz CT molecular complexity index is 256. The molecule has 0 saturated heterocycles. The van der Waals surface area contributed by atoms with Crippen LogP contribution in [-0.4, -0.2) is 16.5 Å². The molecule has 0 saturated carbocycles. The molecule has 0 aromatic heterocycles. The van der Waals surface area contributed by atoms with Crippen molar-refractivity contribution in [2.75, 3.05) is 0 Å². The first-order chi connectivity index (χ1) is 6.15. The summed E-state index contributed by atoms with van der Waals surface area (Å²) in [6.45, 7) is 1.95. The highest BCUT2D eigenvalue weighted by Crippen LogP contribution is 2.22. The van der Waals surface area contributed by atoms with Crippen LogP contribution in [0.1, 0.15) is 24.8 Å². The van der Waals surface area contributed by atoms with Gasteiger partial charge in [-0.25, -0.2) is 0 Å². The van der Waals surface area contributed by atoms with E-state index in [1.807, 2.05) is 31.2 Å². The van der Waals surface area contributed by atoms with Gasteiger partial charge in [0, 0.05) is 9.49 Å². The highest BCUT2D eigenvalue weighted by atomic mass is 127. The minimum absolute atomic E-state index is 0.169. The molecule has 1 aromatic carbocycles. The predicted octanol–water partition coefficient (Wildman–Crippen LogP) is 2.10. The fourth-order valence-corrected chi connectivity index (χ4v) is 1.69. The van der Waals surface area contributed by atoms with Crippen LogP contribution in [0.3, 0.4) is 0 Å². The van der Waals surface area contributed by atoms with E-state index in [1.54, 1.807) is 0 Å². The van der Waals surface area contributed by atoms with Gasteiger partial charge in [-0.1, -0.05) is 19.1 Å². The second-order valence-electron chi connectivity index (χ2n) is 2.98. The molecule has 0 aliphatic heterocycles. The Morgan fingerprint density at radius 1 is 1.23 bits per heavy atom. The molecule has 1 aromatic rings. The molecule has 2 N–H and O–H groups in total. The Labute approximate surface area is 91.7 Å². The van der Waals surface area contributed by atoms with E-state index in [0.717, 1.165) is 15.6 Å². The van der Waals surface area contributed by atoms with Crippen molar-refractivity contribution in [1.82, 2.24) is 0 Å². The van der Waals surface area contributed by atoms with Gasteiger partial charge in [0.25, 0.3) is 0 Å². The number of rotatable bonds is 3. The number of halogens is 1. The van der Waals surface area contributed by atoms with Gasteiger partial charge in [0.05, 0.1) is 0 Å². The van der Waals surface area contributed by atoms with Gasteiger partial charge in [-0.15, -0.1) is 0 Å². The molecule has 2 nitrogen and oxygen atoms in total. The summed E-state index contributed by atoms with van der Waals surface area (Å²) >= 11 is 2.22. The first kappa shape index (κ1) is 10.9. The summed E-state index contributed by atoms with van der Waals surface area (Å²) in [5.41, 5.74) is 0.984. The van der Waals surface area contributed by atoms with E-state index in [1.165, 1.54) is 0 Å². The van der Waals surface area contributed by atoms with Crippen LogP contribution in [0.15, 0.2) is 24.3 Å². The molecule has 0 aliphatic rings. The number of benzene rings is 1. The lowest BCUT2D eigenvalue weighted by Crippen LogP contribution is -2.16. The average molecular weight is 292 g/mol. The van der Waals surface area contributed by atoms with Crippen LogP contribution in [0.25, 0.3) is 0 Å². The Morgan fingerprint density at radius 2 is 1.77 bits per heavy atom. The van der Waals surface area contributed by atoms with Crippen LogP contribution < -0.4 is 0 Å². The molecular formula is C10H13IO2. The van der Waals surface area contributed by atoms with E-state index in [4.69, 9.17) is 10.2 Å². The SMILES string of the molecule is CCC(c1ccc(I)cc1)C(O)O. The molecule has 72 valence electrons. The first-order valence-corrected chi connectivity index (χ1v) is 5.34. The first-order valence-electron chi connectivity index (χ1n) is 4.26. The lowest BCUT2D eigenvalue weighted by Gasteiger charge is -2.17. The van der Waals surface area contributed by atoms with Gasteiger partial charge >= 0.3 is 0 Å². The molecule has 0 heterocycles. The summed E-state index contributed by atoms with van der Waals surface area (Å²) in [7, 11) is 0. The van der Waals surface area contributed by atoms with Crippen molar-refractivity contribution in [3.63, 3.8) is 0 Å². The molecule has 3 heteroatoms. The molecule has 0 radical (unpaired) electrons. The summed E-state index contributed by atoms with van der Waals surface area (Å²) in [6.07, 6.45) is -0.525. The normalized spacial score (nSPS) is 13.3. The molecule has 1 rings (SSSR count). The Morgan fingerprint density at radius 3 is 2.15 bits per heavy atom. The molecule has 1 atom stereocenters. The second-order valence-corrected chi connectivity index (χ2v) is 4.23. The van der Waals surface area contributed by atoms with Gasteiger partial charge in [-0.2, -0.15) is 0 Å². The molecule has 0 aliphatic carbocycles. The van der Waals surface area contributed by atoms with Crippen molar-refractivity contribution in [3.8, 4) is 0 Å². The topological polar surface area (TPSA) is 40.5 Å². The van der Waals surface area contributed by atoms with Gasteiger partial charge < -0.3 is 10.2 Å². The summed E-state index contributed by atoms with van der Waals surface area (Å²) in [4.78, 5) is 0. The van der Waals surface area contributed by atoms with E-state index >= 15 is 0 Å². The highest BCUT2D eigenvalue weighted by Gasteiger charge is 2.16. The zero-order valence-electron chi connectivity index (χ0n) is 7.44. The van der Waals surface area contributed by atoms with Crippen molar-refractivity contribution in [1.29, 1.82) is 0 Å². The number of aliphatic hydroxyl groups excluding tert-OH is 1. The van der Waals surface area contributed by atoms with E-state index in [-0.39, 0.29) is 5.92 Å². The molecule has 0 spiro atoms.